The van der Waals surface area contributed by atoms with E-state index in [1.807, 2.05) is 24.8 Å². The molecule has 0 radical (unpaired) electrons. The smallest absolute Gasteiger partial charge is 0.130 e. The van der Waals surface area contributed by atoms with Crippen LogP contribution in [0.25, 0.3) is 0 Å². The lowest BCUT2D eigenvalue weighted by Crippen LogP contribution is -2.32. The van der Waals surface area contributed by atoms with Gasteiger partial charge >= 0.3 is 0 Å². The number of rotatable bonds is 8. The van der Waals surface area contributed by atoms with E-state index in [0.717, 1.165) is 43.3 Å². The van der Waals surface area contributed by atoms with Crippen LogP contribution in [0, 0.1) is 6.92 Å². The SMILES string of the molecule is CCCCc1nc(C)cc(NCCNC2CCSC2)n1. The van der Waals surface area contributed by atoms with Gasteiger partial charge in [-0.05, 0) is 25.5 Å². The summed E-state index contributed by atoms with van der Waals surface area (Å²) in [6.45, 7) is 6.15. The van der Waals surface area contributed by atoms with Crippen molar-refractivity contribution in [3.63, 3.8) is 0 Å². The molecular formula is C15H26N4S. The van der Waals surface area contributed by atoms with Crippen molar-refractivity contribution in [3.05, 3.63) is 17.6 Å². The van der Waals surface area contributed by atoms with Crippen LogP contribution in [-0.2, 0) is 6.42 Å². The molecule has 2 rings (SSSR count). The molecule has 0 bridgehead atoms. The zero-order valence-corrected chi connectivity index (χ0v) is 13.4. The zero-order valence-electron chi connectivity index (χ0n) is 12.6. The Hall–Kier alpha value is -0.810. The third-order valence-corrected chi connectivity index (χ3v) is 4.61. The maximum atomic E-state index is 4.59. The Morgan fingerprint density at radius 2 is 2.25 bits per heavy atom. The average Bonchev–Trinajstić information content (AvgIpc) is 2.94. The Bertz CT molecular complexity index is 405. The highest BCUT2D eigenvalue weighted by Gasteiger charge is 2.13. The quantitative estimate of drug-likeness (QED) is 0.722. The maximum Gasteiger partial charge on any atom is 0.130 e. The Morgan fingerprint density at radius 1 is 1.35 bits per heavy atom. The molecule has 0 spiro atoms. The topological polar surface area (TPSA) is 49.8 Å². The molecule has 0 aromatic carbocycles. The number of hydrogen-bond donors (Lipinski definition) is 2. The molecule has 1 unspecified atom stereocenters. The van der Waals surface area contributed by atoms with Crippen molar-refractivity contribution in [2.24, 2.45) is 0 Å². The van der Waals surface area contributed by atoms with Crippen molar-refractivity contribution in [2.75, 3.05) is 29.9 Å². The highest BCUT2D eigenvalue weighted by Crippen LogP contribution is 2.16. The lowest BCUT2D eigenvalue weighted by atomic mass is 10.2. The molecule has 1 saturated heterocycles. The predicted molar refractivity (Wildman–Crippen MR) is 87.6 cm³/mol. The molecule has 2 heterocycles. The van der Waals surface area contributed by atoms with Crippen LogP contribution in [0.2, 0.25) is 0 Å². The summed E-state index contributed by atoms with van der Waals surface area (Å²) in [5.41, 5.74) is 1.05. The zero-order chi connectivity index (χ0) is 14.2. The largest absolute Gasteiger partial charge is 0.369 e. The van der Waals surface area contributed by atoms with Gasteiger partial charge in [0, 0.05) is 43.1 Å². The van der Waals surface area contributed by atoms with Gasteiger partial charge in [-0.25, -0.2) is 9.97 Å². The van der Waals surface area contributed by atoms with Crippen LogP contribution in [0.1, 0.15) is 37.7 Å². The predicted octanol–water partition coefficient (Wildman–Crippen LogP) is 2.63. The van der Waals surface area contributed by atoms with E-state index in [0.29, 0.717) is 6.04 Å². The van der Waals surface area contributed by atoms with Gasteiger partial charge in [-0.15, -0.1) is 0 Å². The van der Waals surface area contributed by atoms with Gasteiger partial charge in [-0.3, -0.25) is 0 Å². The molecule has 5 heteroatoms. The molecule has 1 aliphatic heterocycles. The Balaban J connectivity index is 1.74. The fraction of sp³-hybridized carbons (Fsp3) is 0.733. The van der Waals surface area contributed by atoms with Crippen molar-refractivity contribution in [1.82, 2.24) is 15.3 Å². The molecule has 0 saturated carbocycles. The second kappa shape index (κ2) is 8.47. The first-order valence-corrected chi connectivity index (χ1v) is 8.83. The standard InChI is InChI=1S/C15H26N4S/c1-3-4-5-14-18-12(2)10-15(19-14)17-8-7-16-13-6-9-20-11-13/h10,13,16H,3-9,11H2,1-2H3,(H,17,18,19). The van der Waals surface area contributed by atoms with E-state index < -0.39 is 0 Å². The first kappa shape index (κ1) is 15.6. The third-order valence-electron chi connectivity index (χ3n) is 3.45. The van der Waals surface area contributed by atoms with Crippen LogP contribution >= 0.6 is 11.8 Å². The van der Waals surface area contributed by atoms with Crippen molar-refractivity contribution in [2.45, 2.75) is 45.6 Å². The number of aromatic nitrogens is 2. The van der Waals surface area contributed by atoms with Gasteiger partial charge in [-0.2, -0.15) is 11.8 Å². The monoisotopic (exact) mass is 294 g/mol. The molecule has 20 heavy (non-hydrogen) atoms. The molecule has 0 aliphatic carbocycles. The van der Waals surface area contributed by atoms with Crippen LogP contribution in [0.15, 0.2) is 6.07 Å². The number of thioether (sulfide) groups is 1. The summed E-state index contributed by atoms with van der Waals surface area (Å²) in [6.07, 6.45) is 4.62. The van der Waals surface area contributed by atoms with Gasteiger partial charge in [0.05, 0.1) is 0 Å². The summed E-state index contributed by atoms with van der Waals surface area (Å²) in [6, 6.07) is 2.73. The van der Waals surface area contributed by atoms with E-state index >= 15 is 0 Å². The van der Waals surface area contributed by atoms with Crippen LogP contribution < -0.4 is 10.6 Å². The van der Waals surface area contributed by atoms with Gasteiger partial charge in [-0.1, -0.05) is 13.3 Å². The molecule has 1 aromatic rings. The highest BCUT2D eigenvalue weighted by atomic mass is 32.2. The normalized spacial score (nSPS) is 18.4. The molecule has 4 nitrogen and oxygen atoms in total. The number of nitrogens with one attached hydrogen (secondary N) is 2. The summed E-state index contributed by atoms with van der Waals surface area (Å²) in [4.78, 5) is 9.08. The molecule has 2 N–H and O–H groups in total. The lowest BCUT2D eigenvalue weighted by Gasteiger charge is -2.12. The first-order valence-electron chi connectivity index (χ1n) is 7.67. The van der Waals surface area contributed by atoms with Crippen LogP contribution in [-0.4, -0.2) is 40.6 Å². The van der Waals surface area contributed by atoms with Crippen LogP contribution in [0.4, 0.5) is 5.82 Å². The molecule has 1 atom stereocenters. The van der Waals surface area contributed by atoms with Gasteiger partial charge in [0.15, 0.2) is 0 Å². The third kappa shape index (κ3) is 5.29. The molecule has 112 valence electrons. The molecule has 0 amide bonds. The molecule has 1 fully saturated rings. The second-order valence-electron chi connectivity index (χ2n) is 5.36. The van der Waals surface area contributed by atoms with Gasteiger partial charge < -0.3 is 10.6 Å². The summed E-state index contributed by atoms with van der Waals surface area (Å²) in [5, 5.41) is 6.99. The van der Waals surface area contributed by atoms with E-state index in [-0.39, 0.29) is 0 Å². The van der Waals surface area contributed by atoms with Crippen molar-refractivity contribution >= 4 is 17.6 Å². The summed E-state index contributed by atoms with van der Waals surface area (Å²) < 4.78 is 0. The fourth-order valence-electron chi connectivity index (χ4n) is 2.33. The van der Waals surface area contributed by atoms with Crippen molar-refractivity contribution < 1.29 is 0 Å². The average molecular weight is 294 g/mol. The van der Waals surface area contributed by atoms with Crippen molar-refractivity contribution in [1.29, 1.82) is 0 Å². The van der Waals surface area contributed by atoms with Crippen molar-refractivity contribution in [3.8, 4) is 0 Å². The minimum absolute atomic E-state index is 0.703. The number of nitrogens with zero attached hydrogens (tertiary/aromatic N) is 2. The molecule has 1 aromatic heterocycles. The minimum Gasteiger partial charge on any atom is -0.369 e. The molecule has 1 aliphatic rings. The van der Waals surface area contributed by atoms with Gasteiger partial charge in [0.25, 0.3) is 0 Å². The number of hydrogen-bond acceptors (Lipinski definition) is 5. The Kier molecular flexibility index (Phi) is 6.60. The lowest BCUT2D eigenvalue weighted by molar-refractivity contribution is 0.570. The van der Waals surface area contributed by atoms with E-state index in [2.05, 4.69) is 27.5 Å². The van der Waals surface area contributed by atoms with Gasteiger partial charge in [0.2, 0.25) is 0 Å². The summed E-state index contributed by atoms with van der Waals surface area (Å²) in [7, 11) is 0. The second-order valence-corrected chi connectivity index (χ2v) is 6.51. The van der Waals surface area contributed by atoms with E-state index in [1.54, 1.807) is 0 Å². The number of unbranched alkanes of at least 4 members (excludes halogenated alkanes) is 1. The number of anilines is 1. The van der Waals surface area contributed by atoms with Crippen LogP contribution in [0.3, 0.4) is 0 Å². The minimum atomic E-state index is 0.703. The highest BCUT2D eigenvalue weighted by molar-refractivity contribution is 7.99. The Labute approximate surface area is 126 Å². The van der Waals surface area contributed by atoms with E-state index in [9.17, 15) is 0 Å². The van der Waals surface area contributed by atoms with Crippen LogP contribution in [0.5, 0.6) is 0 Å². The maximum absolute atomic E-state index is 4.59. The Morgan fingerprint density at radius 3 is 3.00 bits per heavy atom. The number of aryl methyl sites for hydroxylation is 2. The van der Waals surface area contributed by atoms with E-state index in [4.69, 9.17) is 0 Å². The summed E-state index contributed by atoms with van der Waals surface area (Å²) in [5.74, 6) is 4.49. The van der Waals surface area contributed by atoms with Gasteiger partial charge in [0.1, 0.15) is 11.6 Å². The summed E-state index contributed by atoms with van der Waals surface area (Å²) >= 11 is 2.04. The van der Waals surface area contributed by atoms with E-state index in [1.165, 1.54) is 24.3 Å². The fourth-order valence-corrected chi connectivity index (χ4v) is 3.52. The first-order chi connectivity index (χ1) is 9.78. The molecular weight excluding hydrogens is 268 g/mol.